The molecule has 0 saturated carbocycles. The van der Waals surface area contributed by atoms with Crippen molar-refractivity contribution in [1.82, 2.24) is 0 Å². The molecule has 102 valence electrons. The Morgan fingerprint density at radius 3 is 2.89 bits per heavy atom. The average molecular weight is 260 g/mol. The van der Waals surface area contributed by atoms with E-state index >= 15 is 0 Å². The van der Waals surface area contributed by atoms with Crippen molar-refractivity contribution in [3.63, 3.8) is 0 Å². The van der Waals surface area contributed by atoms with Gasteiger partial charge in [0.2, 0.25) is 5.91 Å². The van der Waals surface area contributed by atoms with Crippen molar-refractivity contribution in [2.45, 2.75) is 19.3 Å². The smallest absolute Gasteiger partial charge is 0.250 e. The molecule has 1 unspecified atom stereocenters. The fourth-order valence-corrected chi connectivity index (χ4v) is 2.21. The first kappa shape index (κ1) is 13.6. The summed E-state index contributed by atoms with van der Waals surface area (Å²) >= 11 is 0. The van der Waals surface area contributed by atoms with Crippen molar-refractivity contribution >= 4 is 17.3 Å². The standard InChI is InChI=1S/C15H20N2O2/c18-11-15(19)17-14-8-4-7-13(9-14)16-10-12-5-2-1-3-6-12/h1-2,4,7-9,12,16,18H,3,5-6,10-11H2,(H,17,19). The summed E-state index contributed by atoms with van der Waals surface area (Å²) in [5.74, 6) is 0.287. The fourth-order valence-electron chi connectivity index (χ4n) is 2.21. The van der Waals surface area contributed by atoms with E-state index in [9.17, 15) is 4.79 Å². The van der Waals surface area contributed by atoms with Gasteiger partial charge < -0.3 is 15.7 Å². The number of allylic oxidation sites excluding steroid dienone is 2. The van der Waals surface area contributed by atoms with Crippen LogP contribution in [0.1, 0.15) is 19.3 Å². The summed E-state index contributed by atoms with van der Waals surface area (Å²) in [5.41, 5.74) is 1.69. The number of benzene rings is 1. The minimum atomic E-state index is -0.494. The van der Waals surface area contributed by atoms with Crippen molar-refractivity contribution in [2.75, 3.05) is 23.8 Å². The number of hydrogen-bond donors (Lipinski definition) is 3. The van der Waals surface area contributed by atoms with Gasteiger partial charge in [0.05, 0.1) is 0 Å². The predicted molar refractivity (Wildman–Crippen MR) is 77.1 cm³/mol. The van der Waals surface area contributed by atoms with E-state index in [1.807, 2.05) is 24.3 Å². The van der Waals surface area contributed by atoms with Crippen LogP contribution in [0.4, 0.5) is 11.4 Å². The second-order valence-corrected chi connectivity index (χ2v) is 4.82. The number of aliphatic hydroxyl groups excluding tert-OH is 1. The summed E-state index contributed by atoms with van der Waals surface area (Å²) < 4.78 is 0. The molecule has 0 aliphatic heterocycles. The first-order valence-electron chi connectivity index (χ1n) is 6.67. The molecular formula is C15H20N2O2. The molecule has 0 heterocycles. The molecule has 1 aromatic rings. The van der Waals surface area contributed by atoms with Gasteiger partial charge in [0.15, 0.2) is 0 Å². The van der Waals surface area contributed by atoms with Gasteiger partial charge >= 0.3 is 0 Å². The Morgan fingerprint density at radius 2 is 2.16 bits per heavy atom. The lowest BCUT2D eigenvalue weighted by atomic mass is 9.94. The molecule has 0 aromatic heterocycles. The van der Waals surface area contributed by atoms with Gasteiger partial charge in [-0.15, -0.1) is 0 Å². The third kappa shape index (κ3) is 4.41. The Hall–Kier alpha value is -1.81. The van der Waals surface area contributed by atoms with E-state index in [4.69, 9.17) is 5.11 Å². The van der Waals surface area contributed by atoms with Gasteiger partial charge in [0.1, 0.15) is 6.61 Å². The summed E-state index contributed by atoms with van der Waals surface area (Å²) in [5, 5.41) is 14.7. The average Bonchev–Trinajstić information content (AvgIpc) is 2.46. The van der Waals surface area contributed by atoms with Crippen LogP contribution < -0.4 is 10.6 Å². The molecule has 4 heteroatoms. The molecule has 0 bridgehead atoms. The van der Waals surface area contributed by atoms with Gasteiger partial charge in [-0.25, -0.2) is 0 Å². The Kier molecular flexibility index (Phi) is 4.98. The van der Waals surface area contributed by atoms with E-state index in [-0.39, 0.29) is 0 Å². The van der Waals surface area contributed by atoms with Crippen molar-refractivity contribution < 1.29 is 9.90 Å². The molecule has 1 amide bonds. The van der Waals surface area contributed by atoms with E-state index in [0.717, 1.165) is 18.7 Å². The maximum absolute atomic E-state index is 11.1. The number of aliphatic hydroxyl groups is 1. The topological polar surface area (TPSA) is 61.4 Å². The van der Waals surface area contributed by atoms with Crippen molar-refractivity contribution in [3.8, 4) is 0 Å². The summed E-state index contributed by atoms with van der Waals surface area (Å²) in [6.45, 7) is 0.452. The van der Waals surface area contributed by atoms with Gasteiger partial charge in [-0.1, -0.05) is 18.2 Å². The Bertz CT molecular complexity index is 457. The van der Waals surface area contributed by atoms with Crippen molar-refractivity contribution in [2.24, 2.45) is 5.92 Å². The number of nitrogens with one attached hydrogen (secondary N) is 2. The first-order chi connectivity index (χ1) is 9.28. The minimum Gasteiger partial charge on any atom is -0.387 e. The summed E-state index contributed by atoms with van der Waals surface area (Å²) in [6.07, 6.45) is 8.01. The van der Waals surface area contributed by atoms with Gasteiger partial charge in [0, 0.05) is 17.9 Å². The molecule has 1 atom stereocenters. The molecule has 0 radical (unpaired) electrons. The minimum absolute atomic E-state index is 0.394. The van der Waals surface area contributed by atoms with Crippen molar-refractivity contribution in [3.05, 3.63) is 36.4 Å². The maximum Gasteiger partial charge on any atom is 0.250 e. The molecule has 1 aliphatic carbocycles. The van der Waals surface area contributed by atoms with E-state index < -0.39 is 12.5 Å². The van der Waals surface area contributed by atoms with Crippen LogP contribution in [0.2, 0.25) is 0 Å². The molecule has 4 nitrogen and oxygen atoms in total. The quantitative estimate of drug-likeness (QED) is 0.712. The second-order valence-electron chi connectivity index (χ2n) is 4.82. The van der Waals surface area contributed by atoms with Gasteiger partial charge in [-0.2, -0.15) is 0 Å². The fraction of sp³-hybridized carbons (Fsp3) is 0.400. The third-order valence-corrected chi connectivity index (χ3v) is 3.26. The highest BCUT2D eigenvalue weighted by molar-refractivity contribution is 5.91. The molecule has 1 aromatic carbocycles. The molecular weight excluding hydrogens is 240 g/mol. The lowest BCUT2D eigenvalue weighted by Crippen LogP contribution is -2.17. The zero-order chi connectivity index (χ0) is 13.5. The normalized spacial score (nSPS) is 18.1. The lowest BCUT2D eigenvalue weighted by molar-refractivity contribution is -0.118. The number of amides is 1. The van der Waals surface area contributed by atoms with Gasteiger partial charge in [-0.05, 0) is 43.4 Å². The summed E-state index contributed by atoms with van der Waals surface area (Å²) in [7, 11) is 0. The van der Waals surface area contributed by atoms with Crippen LogP contribution in [0.3, 0.4) is 0 Å². The van der Waals surface area contributed by atoms with E-state index in [1.54, 1.807) is 0 Å². The van der Waals surface area contributed by atoms with Gasteiger partial charge in [-0.3, -0.25) is 4.79 Å². The lowest BCUT2D eigenvalue weighted by Gasteiger charge is -2.19. The monoisotopic (exact) mass is 260 g/mol. The van der Waals surface area contributed by atoms with Crippen LogP contribution >= 0.6 is 0 Å². The molecule has 1 aliphatic rings. The van der Waals surface area contributed by atoms with E-state index in [0.29, 0.717) is 11.6 Å². The van der Waals surface area contributed by atoms with Crippen LogP contribution in [-0.2, 0) is 4.79 Å². The van der Waals surface area contributed by atoms with E-state index in [2.05, 4.69) is 22.8 Å². The highest BCUT2D eigenvalue weighted by Gasteiger charge is 2.09. The molecule has 0 spiro atoms. The molecule has 19 heavy (non-hydrogen) atoms. The van der Waals surface area contributed by atoms with Crippen LogP contribution in [0.25, 0.3) is 0 Å². The number of rotatable bonds is 5. The first-order valence-corrected chi connectivity index (χ1v) is 6.67. The Labute approximate surface area is 113 Å². The number of carbonyl (C=O) groups is 1. The molecule has 0 fully saturated rings. The van der Waals surface area contributed by atoms with E-state index in [1.165, 1.54) is 12.8 Å². The van der Waals surface area contributed by atoms with Crippen LogP contribution in [0.15, 0.2) is 36.4 Å². The Morgan fingerprint density at radius 1 is 1.32 bits per heavy atom. The largest absolute Gasteiger partial charge is 0.387 e. The highest BCUT2D eigenvalue weighted by Crippen LogP contribution is 2.20. The van der Waals surface area contributed by atoms with Crippen LogP contribution in [-0.4, -0.2) is 24.2 Å². The maximum atomic E-state index is 11.1. The molecule has 3 N–H and O–H groups in total. The van der Waals surface area contributed by atoms with Crippen molar-refractivity contribution in [1.29, 1.82) is 0 Å². The SMILES string of the molecule is O=C(CO)Nc1cccc(NCC2CC=CCC2)c1. The summed E-state index contributed by atoms with van der Waals surface area (Å²) in [4.78, 5) is 11.1. The number of hydrogen-bond acceptors (Lipinski definition) is 3. The molecule has 2 rings (SSSR count). The highest BCUT2D eigenvalue weighted by atomic mass is 16.3. The number of carbonyl (C=O) groups excluding carboxylic acids is 1. The van der Waals surface area contributed by atoms with Gasteiger partial charge in [0.25, 0.3) is 0 Å². The Balaban J connectivity index is 1.87. The third-order valence-electron chi connectivity index (χ3n) is 3.26. The zero-order valence-electron chi connectivity index (χ0n) is 10.9. The predicted octanol–water partition coefficient (Wildman–Crippen LogP) is 2.39. The van der Waals surface area contributed by atoms with Crippen LogP contribution in [0.5, 0.6) is 0 Å². The van der Waals surface area contributed by atoms with Crippen LogP contribution in [0, 0.1) is 5.92 Å². The molecule has 0 saturated heterocycles. The second kappa shape index (κ2) is 6.95. The zero-order valence-corrected chi connectivity index (χ0v) is 10.9. The summed E-state index contributed by atoms with van der Waals surface area (Å²) in [6, 6.07) is 7.55. The number of anilines is 2.